The zero-order valence-corrected chi connectivity index (χ0v) is 17.8. The topological polar surface area (TPSA) is 138 Å². The third kappa shape index (κ3) is 4.99. The van der Waals surface area contributed by atoms with Crippen molar-refractivity contribution < 1.29 is 19.8 Å². The minimum absolute atomic E-state index is 0.0293. The molecule has 2 N–H and O–H groups in total. The van der Waals surface area contributed by atoms with Crippen molar-refractivity contribution in [1.29, 1.82) is 0 Å². The van der Waals surface area contributed by atoms with Crippen LogP contribution >= 0.6 is 0 Å². The SMILES string of the molecule is Cn1nnc2cc(CN(CC(=O)O)CC3CCN(c4ncc(C(=O)O)cn4)CC3)ccc21. The van der Waals surface area contributed by atoms with E-state index in [0.717, 1.165) is 42.5 Å². The predicted octanol–water partition coefficient (Wildman–Crippen LogP) is 1.26. The van der Waals surface area contributed by atoms with Crippen molar-refractivity contribution >= 4 is 28.9 Å². The molecule has 168 valence electrons. The van der Waals surface area contributed by atoms with Crippen molar-refractivity contribution in [1.82, 2.24) is 29.9 Å². The van der Waals surface area contributed by atoms with Crippen molar-refractivity contribution in [2.75, 3.05) is 31.1 Å². The van der Waals surface area contributed by atoms with Gasteiger partial charge in [-0.3, -0.25) is 9.69 Å². The van der Waals surface area contributed by atoms with Crippen molar-refractivity contribution in [2.45, 2.75) is 19.4 Å². The third-order valence-corrected chi connectivity index (χ3v) is 5.74. The molecule has 1 aliphatic rings. The molecule has 0 radical (unpaired) electrons. The van der Waals surface area contributed by atoms with Gasteiger partial charge in [0, 0.05) is 45.6 Å². The Morgan fingerprint density at radius 2 is 1.88 bits per heavy atom. The zero-order chi connectivity index (χ0) is 22.7. The lowest BCUT2D eigenvalue weighted by atomic mass is 9.96. The Morgan fingerprint density at radius 1 is 1.16 bits per heavy atom. The molecule has 4 rings (SSSR count). The summed E-state index contributed by atoms with van der Waals surface area (Å²) < 4.78 is 1.71. The fourth-order valence-electron chi connectivity index (χ4n) is 4.09. The van der Waals surface area contributed by atoms with Gasteiger partial charge >= 0.3 is 11.9 Å². The number of piperidine rings is 1. The van der Waals surface area contributed by atoms with Crippen LogP contribution < -0.4 is 4.90 Å². The van der Waals surface area contributed by atoms with Crippen molar-refractivity contribution in [3.63, 3.8) is 0 Å². The second kappa shape index (κ2) is 9.27. The molecule has 11 nitrogen and oxygen atoms in total. The quantitative estimate of drug-likeness (QED) is 0.527. The second-order valence-corrected chi connectivity index (χ2v) is 8.11. The Bertz CT molecular complexity index is 1110. The Morgan fingerprint density at radius 3 is 2.53 bits per heavy atom. The molecule has 11 heteroatoms. The Kier molecular flexibility index (Phi) is 6.26. The maximum atomic E-state index is 11.4. The van der Waals surface area contributed by atoms with E-state index >= 15 is 0 Å². The summed E-state index contributed by atoms with van der Waals surface area (Å²) in [7, 11) is 1.84. The number of hydrogen-bond donors (Lipinski definition) is 2. The molecule has 1 saturated heterocycles. The molecule has 0 bridgehead atoms. The Balaban J connectivity index is 1.36. The summed E-state index contributed by atoms with van der Waals surface area (Å²) in [6.07, 6.45) is 4.39. The highest BCUT2D eigenvalue weighted by molar-refractivity contribution is 5.86. The zero-order valence-electron chi connectivity index (χ0n) is 17.8. The summed E-state index contributed by atoms with van der Waals surface area (Å²) in [5.74, 6) is -1.03. The summed E-state index contributed by atoms with van der Waals surface area (Å²) in [6.45, 7) is 2.65. The van der Waals surface area contributed by atoms with Crippen LogP contribution in [-0.2, 0) is 18.4 Å². The molecule has 2 aromatic heterocycles. The van der Waals surface area contributed by atoms with E-state index in [0.29, 0.717) is 25.0 Å². The lowest BCUT2D eigenvalue weighted by molar-refractivity contribution is -0.138. The highest BCUT2D eigenvalue weighted by atomic mass is 16.4. The number of rotatable bonds is 8. The van der Waals surface area contributed by atoms with E-state index in [-0.39, 0.29) is 12.1 Å². The van der Waals surface area contributed by atoms with E-state index in [1.165, 1.54) is 12.4 Å². The average molecular weight is 439 g/mol. The number of hydrogen-bond acceptors (Lipinski definition) is 8. The number of aryl methyl sites for hydroxylation is 1. The van der Waals surface area contributed by atoms with Gasteiger partial charge in [-0.2, -0.15) is 0 Å². The number of carboxylic acids is 2. The van der Waals surface area contributed by atoms with E-state index in [2.05, 4.69) is 20.3 Å². The monoisotopic (exact) mass is 439 g/mol. The molecule has 0 amide bonds. The van der Waals surface area contributed by atoms with Gasteiger partial charge in [-0.15, -0.1) is 5.10 Å². The van der Waals surface area contributed by atoms with E-state index in [1.54, 1.807) is 4.68 Å². The molecule has 0 spiro atoms. The van der Waals surface area contributed by atoms with Crippen LogP contribution in [0.2, 0.25) is 0 Å². The minimum Gasteiger partial charge on any atom is -0.480 e. The molecule has 1 aromatic carbocycles. The van der Waals surface area contributed by atoms with Crippen LogP contribution in [0, 0.1) is 5.92 Å². The molecular formula is C21H25N7O4. The normalized spacial score (nSPS) is 14.9. The molecule has 1 aliphatic heterocycles. The number of aliphatic carboxylic acids is 1. The standard InChI is InChI=1S/C21H25N7O4/c1-26-18-3-2-15(8-17(18)24-25-26)12-27(13-19(29)30)11-14-4-6-28(7-5-14)21-22-9-16(10-23-21)20(31)32/h2-3,8-10,14H,4-7,11-13H2,1H3,(H,29,30)(H,31,32). The van der Waals surface area contributed by atoms with Crippen LogP contribution in [0.4, 0.5) is 5.95 Å². The number of carbonyl (C=O) groups is 2. The van der Waals surface area contributed by atoms with E-state index in [9.17, 15) is 14.7 Å². The molecule has 3 heterocycles. The van der Waals surface area contributed by atoms with E-state index in [1.807, 2.05) is 35.0 Å². The van der Waals surface area contributed by atoms with E-state index < -0.39 is 11.9 Å². The first-order chi connectivity index (χ1) is 15.4. The lowest BCUT2D eigenvalue weighted by Crippen LogP contribution is -2.40. The van der Waals surface area contributed by atoms with Gasteiger partial charge < -0.3 is 15.1 Å². The molecule has 1 fully saturated rings. The number of aromatic nitrogens is 5. The molecule has 0 atom stereocenters. The highest BCUT2D eigenvalue weighted by Crippen LogP contribution is 2.23. The summed E-state index contributed by atoms with van der Waals surface area (Å²) in [4.78, 5) is 34.7. The Labute approximate surface area is 184 Å². The van der Waals surface area contributed by atoms with Crippen LogP contribution in [0.15, 0.2) is 30.6 Å². The maximum absolute atomic E-state index is 11.4. The van der Waals surface area contributed by atoms with Gasteiger partial charge in [0.1, 0.15) is 5.52 Å². The molecule has 32 heavy (non-hydrogen) atoms. The fourth-order valence-corrected chi connectivity index (χ4v) is 4.09. The first-order valence-corrected chi connectivity index (χ1v) is 10.4. The number of anilines is 1. The highest BCUT2D eigenvalue weighted by Gasteiger charge is 2.24. The molecule has 0 unspecified atom stereocenters. The van der Waals surface area contributed by atoms with Gasteiger partial charge in [-0.25, -0.2) is 19.4 Å². The van der Waals surface area contributed by atoms with Gasteiger partial charge in [0.2, 0.25) is 5.95 Å². The van der Waals surface area contributed by atoms with Gasteiger partial charge in [-0.05, 0) is 36.5 Å². The maximum Gasteiger partial charge on any atom is 0.338 e. The van der Waals surface area contributed by atoms with Crippen LogP contribution in [-0.4, -0.2) is 78.2 Å². The number of fused-ring (bicyclic) bond motifs is 1. The van der Waals surface area contributed by atoms with Gasteiger partial charge in [-0.1, -0.05) is 11.3 Å². The minimum atomic E-state index is -1.05. The van der Waals surface area contributed by atoms with Crippen molar-refractivity contribution in [2.24, 2.45) is 13.0 Å². The van der Waals surface area contributed by atoms with Crippen LogP contribution in [0.25, 0.3) is 11.0 Å². The van der Waals surface area contributed by atoms with E-state index in [4.69, 9.17) is 5.11 Å². The lowest BCUT2D eigenvalue weighted by Gasteiger charge is -2.34. The average Bonchev–Trinajstić information content (AvgIpc) is 3.14. The van der Waals surface area contributed by atoms with Gasteiger partial charge in [0.05, 0.1) is 17.6 Å². The number of benzene rings is 1. The molecule has 0 saturated carbocycles. The smallest absolute Gasteiger partial charge is 0.338 e. The largest absolute Gasteiger partial charge is 0.480 e. The number of aromatic carboxylic acids is 1. The number of carboxylic acid groups (broad SMARTS) is 2. The number of nitrogens with zero attached hydrogens (tertiary/aromatic N) is 7. The third-order valence-electron chi connectivity index (χ3n) is 5.74. The first-order valence-electron chi connectivity index (χ1n) is 10.4. The van der Waals surface area contributed by atoms with Gasteiger partial charge in [0.25, 0.3) is 0 Å². The molecular weight excluding hydrogens is 414 g/mol. The van der Waals surface area contributed by atoms with Crippen molar-refractivity contribution in [3.8, 4) is 0 Å². The fraction of sp³-hybridized carbons (Fsp3) is 0.429. The molecule has 0 aliphatic carbocycles. The Hall–Kier alpha value is -3.60. The summed E-state index contributed by atoms with van der Waals surface area (Å²) in [5, 5.41) is 26.5. The second-order valence-electron chi connectivity index (χ2n) is 8.11. The van der Waals surface area contributed by atoms with Crippen LogP contribution in [0.5, 0.6) is 0 Å². The van der Waals surface area contributed by atoms with Crippen LogP contribution in [0.1, 0.15) is 28.8 Å². The summed E-state index contributed by atoms with van der Waals surface area (Å²) in [6, 6.07) is 5.90. The summed E-state index contributed by atoms with van der Waals surface area (Å²) in [5.41, 5.74) is 2.79. The first kappa shape index (κ1) is 21.6. The van der Waals surface area contributed by atoms with Gasteiger partial charge in [0.15, 0.2) is 0 Å². The van der Waals surface area contributed by atoms with Crippen LogP contribution in [0.3, 0.4) is 0 Å². The van der Waals surface area contributed by atoms with Crippen molar-refractivity contribution in [3.05, 3.63) is 41.7 Å². The molecule has 3 aromatic rings. The summed E-state index contributed by atoms with van der Waals surface area (Å²) >= 11 is 0. The predicted molar refractivity (Wildman–Crippen MR) is 115 cm³/mol.